The van der Waals surface area contributed by atoms with Crippen LogP contribution in [0.4, 0.5) is 10.1 Å². The minimum atomic E-state index is -3.99. The molecule has 0 spiro atoms. The van der Waals surface area contributed by atoms with Crippen molar-refractivity contribution in [3.8, 4) is 5.75 Å². The molecule has 11 heteroatoms. The molecule has 1 aliphatic heterocycles. The van der Waals surface area contributed by atoms with Crippen LogP contribution >= 0.6 is 0 Å². The molecule has 1 aliphatic rings. The van der Waals surface area contributed by atoms with Gasteiger partial charge in [0.1, 0.15) is 24.3 Å². The summed E-state index contributed by atoms with van der Waals surface area (Å²) < 4.78 is 45.2. The van der Waals surface area contributed by atoms with Crippen molar-refractivity contribution in [3.63, 3.8) is 0 Å². The monoisotopic (exact) mass is 439 g/mol. The number of aliphatic hydroxyl groups is 1. The molecular weight excluding hydrogens is 417 g/mol. The Morgan fingerprint density at radius 2 is 1.73 bits per heavy atom. The van der Waals surface area contributed by atoms with E-state index in [1.807, 2.05) is 4.90 Å². The Morgan fingerprint density at radius 1 is 1.10 bits per heavy atom. The number of halogens is 1. The molecule has 1 N–H and O–H groups in total. The highest BCUT2D eigenvalue weighted by Crippen LogP contribution is 2.26. The highest BCUT2D eigenvalue weighted by atomic mass is 32.2. The molecule has 9 nitrogen and oxygen atoms in total. The molecule has 1 saturated heterocycles. The van der Waals surface area contributed by atoms with Gasteiger partial charge in [0, 0.05) is 38.8 Å². The molecule has 0 aliphatic carbocycles. The van der Waals surface area contributed by atoms with Gasteiger partial charge in [-0.3, -0.25) is 15.0 Å². The third-order valence-corrected chi connectivity index (χ3v) is 6.68. The molecule has 1 unspecified atom stereocenters. The van der Waals surface area contributed by atoms with E-state index in [-0.39, 0.29) is 37.0 Å². The topological polar surface area (TPSA) is 113 Å². The number of nitro groups is 1. The highest BCUT2D eigenvalue weighted by Gasteiger charge is 2.33. The van der Waals surface area contributed by atoms with Crippen LogP contribution in [0.5, 0.6) is 5.75 Å². The van der Waals surface area contributed by atoms with Crippen molar-refractivity contribution in [2.45, 2.75) is 11.0 Å². The summed E-state index contributed by atoms with van der Waals surface area (Å²) in [6, 6.07) is 10.7. The second-order valence-corrected chi connectivity index (χ2v) is 8.75. The Bertz CT molecular complexity index is 978. The van der Waals surface area contributed by atoms with E-state index in [9.17, 15) is 28.0 Å². The van der Waals surface area contributed by atoms with E-state index in [2.05, 4.69) is 0 Å². The molecule has 2 aromatic carbocycles. The van der Waals surface area contributed by atoms with Crippen LogP contribution in [0.25, 0.3) is 0 Å². The van der Waals surface area contributed by atoms with Crippen molar-refractivity contribution in [2.24, 2.45) is 0 Å². The van der Waals surface area contributed by atoms with Crippen LogP contribution in [-0.2, 0) is 10.0 Å². The summed E-state index contributed by atoms with van der Waals surface area (Å²) in [5.41, 5.74) is -0.451. The molecule has 3 rings (SSSR count). The summed E-state index contributed by atoms with van der Waals surface area (Å²) in [5.74, 6) is 0.0624. The van der Waals surface area contributed by atoms with E-state index in [0.29, 0.717) is 18.8 Å². The van der Waals surface area contributed by atoms with Gasteiger partial charge in [0.25, 0.3) is 5.69 Å². The summed E-state index contributed by atoms with van der Waals surface area (Å²) in [6.45, 7) is 1.34. The first-order valence-corrected chi connectivity index (χ1v) is 10.7. The van der Waals surface area contributed by atoms with Gasteiger partial charge < -0.3 is 9.84 Å². The number of nitro benzene ring substituents is 1. The van der Waals surface area contributed by atoms with Crippen LogP contribution in [0.1, 0.15) is 0 Å². The van der Waals surface area contributed by atoms with Crippen molar-refractivity contribution >= 4 is 15.7 Å². The number of β-amino-alcohol motifs (C(OH)–C–C–N with tert-alkyl or cyclic N) is 1. The molecule has 1 fully saturated rings. The molecule has 2 aromatic rings. The minimum absolute atomic E-state index is 0.0142. The summed E-state index contributed by atoms with van der Waals surface area (Å²) in [5, 5.41) is 21.3. The van der Waals surface area contributed by atoms with Crippen molar-refractivity contribution in [3.05, 3.63) is 64.5 Å². The van der Waals surface area contributed by atoms with Crippen LogP contribution in [0.15, 0.2) is 53.4 Å². The average molecular weight is 439 g/mol. The van der Waals surface area contributed by atoms with Crippen LogP contribution < -0.4 is 4.74 Å². The van der Waals surface area contributed by atoms with Crippen molar-refractivity contribution in [1.82, 2.24) is 9.21 Å². The third kappa shape index (κ3) is 5.30. The standard InChI is InChI=1S/C19H22FN3O6S/c20-15-5-7-17(8-6-15)29-14-16(24)13-21-9-11-22(12-10-21)30(27,28)19-4-2-1-3-18(19)23(25)26/h1-8,16,24H,9-14H2. The second kappa shape index (κ2) is 9.47. The number of benzene rings is 2. The van der Waals surface area contributed by atoms with Gasteiger partial charge in [0.2, 0.25) is 10.0 Å². The maximum Gasteiger partial charge on any atom is 0.289 e. The van der Waals surface area contributed by atoms with Gasteiger partial charge >= 0.3 is 0 Å². The molecule has 0 amide bonds. The quantitative estimate of drug-likeness (QED) is 0.490. The number of para-hydroxylation sites is 1. The first-order chi connectivity index (χ1) is 14.3. The third-order valence-electron chi connectivity index (χ3n) is 4.74. The molecule has 30 heavy (non-hydrogen) atoms. The molecule has 0 saturated carbocycles. The predicted octanol–water partition coefficient (Wildman–Crippen LogP) is 1.48. The minimum Gasteiger partial charge on any atom is -0.491 e. The SMILES string of the molecule is O=[N+]([O-])c1ccccc1S(=O)(=O)N1CCN(CC(O)COc2ccc(F)cc2)CC1. The lowest BCUT2D eigenvalue weighted by Gasteiger charge is -2.34. The molecule has 0 aromatic heterocycles. The van der Waals surface area contributed by atoms with Crippen molar-refractivity contribution < 1.29 is 27.6 Å². The normalized spacial score (nSPS) is 16.9. The zero-order chi connectivity index (χ0) is 21.7. The maximum absolute atomic E-state index is 12.9. The Hall–Kier alpha value is -2.60. The first kappa shape index (κ1) is 22.1. The van der Waals surface area contributed by atoms with Gasteiger partial charge in [0.05, 0.1) is 4.92 Å². The van der Waals surface area contributed by atoms with Gasteiger partial charge in [0.15, 0.2) is 4.90 Å². The van der Waals surface area contributed by atoms with Gasteiger partial charge in [-0.15, -0.1) is 0 Å². The highest BCUT2D eigenvalue weighted by molar-refractivity contribution is 7.89. The fourth-order valence-electron chi connectivity index (χ4n) is 3.19. The molecule has 1 atom stereocenters. The van der Waals surface area contributed by atoms with E-state index in [0.717, 1.165) is 0 Å². The number of hydrogen-bond donors (Lipinski definition) is 1. The van der Waals surface area contributed by atoms with Crippen molar-refractivity contribution in [2.75, 3.05) is 39.3 Å². The Morgan fingerprint density at radius 3 is 2.37 bits per heavy atom. The van der Waals surface area contributed by atoms with Gasteiger partial charge in [-0.25, -0.2) is 12.8 Å². The predicted molar refractivity (Wildman–Crippen MR) is 106 cm³/mol. The summed E-state index contributed by atoms with van der Waals surface area (Å²) in [4.78, 5) is 12.0. The number of sulfonamides is 1. The number of piperazine rings is 1. The lowest BCUT2D eigenvalue weighted by Crippen LogP contribution is -2.50. The molecule has 0 radical (unpaired) electrons. The first-order valence-electron chi connectivity index (χ1n) is 9.30. The average Bonchev–Trinajstić information content (AvgIpc) is 2.73. The Balaban J connectivity index is 1.53. The maximum atomic E-state index is 12.9. The Labute approximate surface area is 173 Å². The number of nitrogens with zero attached hydrogens (tertiary/aromatic N) is 3. The largest absolute Gasteiger partial charge is 0.491 e. The molecule has 1 heterocycles. The van der Waals surface area contributed by atoms with Gasteiger partial charge in [-0.1, -0.05) is 12.1 Å². The smallest absolute Gasteiger partial charge is 0.289 e. The Kier molecular flexibility index (Phi) is 6.98. The van der Waals surface area contributed by atoms with Crippen LogP contribution in [-0.4, -0.2) is 73.1 Å². The fraction of sp³-hybridized carbons (Fsp3) is 0.368. The van der Waals surface area contributed by atoms with E-state index in [4.69, 9.17) is 4.74 Å². The lowest BCUT2D eigenvalue weighted by atomic mass is 10.3. The zero-order valence-corrected chi connectivity index (χ0v) is 16.9. The van der Waals surface area contributed by atoms with Crippen LogP contribution in [0, 0.1) is 15.9 Å². The van der Waals surface area contributed by atoms with Crippen LogP contribution in [0.3, 0.4) is 0 Å². The number of rotatable bonds is 8. The van der Waals surface area contributed by atoms with Gasteiger partial charge in [-0.05, 0) is 30.3 Å². The fourth-order valence-corrected chi connectivity index (χ4v) is 4.77. The van der Waals surface area contributed by atoms with E-state index < -0.39 is 26.7 Å². The van der Waals surface area contributed by atoms with Crippen LogP contribution in [0.2, 0.25) is 0 Å². The van der Waals surface area contributed by atoms with E-state index in [1.54, 1.807) is 0 Å². The van der Waals surface area contributed by atoms with Crippen molar-refractivity contribution in [1.29, 1.82) is 0 Å². The summed E-state index contributed by atoms with van der Waals surface area (Å²) in [6.07, 6.45) is -0.812. The second-order valence-electron chi connectivity index (χ2n) is 6.85. The molecule has 162 valence electrons. The number of ether oxygens (including phenoxy) is 1. The summed E-state index contributed by atoms with van der Waals surface area (Å²) in [7, 11) is -3.99. The summed E-state index contributed by atoms with van der Waals surface area (Å²) >= 11 is 0. The number of aliphatic hydroxyl groups excluding tert-OH is 1. The molecule has 0 bridgehead atoms. The molecular formula is C19H22FN3O6S. The van der Waals surface area contributed by atoms with E-state index >= 15 is 0 Å². The lowest BCUT2D eigenvalue weighted by molar-refractivity contribution is -0.387. The van der Waals surface area contributed by atoms with E-state index in [1.165, 1.54) is 52.8 Å². The zero-order valence-electron chi connectivity index (χ0n) is 16.1. The van der Waals surface area contributed by atoms with Gasteiger partial charge in [-0.2, -0.15) is 4.31 Å². The number of hydrogen-bond acceptors (Lipinski definition) is 7.